The fourth-order valence-electron chi connectivity index (χ4n) is 4.01. The minimum Gasteiger partial charge on any atom is -0.466 e. The maximum Gasteiger partial charge on any atom is 0.313 e. The zero-order valence-electron chi connectivity index (χ0n) is 15.8. The summed E-state index contributed by atoms with van der Waals surface area (Å²) in [6.07, 6.45) is 5.61. The number of aromatic nitrogens is 2. The average Bonchev–Trinajstić information content (AvgIpc) is 3.29. The van der Waals surface area contributed by atoms with E-state index < -0.39 is 5.41 Å². The van der Waals surface area contributed by atoms with Gasteiger partial charge in [0.2, 0.25) is 0 Å². The van der Waals surface area contributed by atoms with Gasteiger partial charge in [-0.25, -0.2) is 4.98 Å². The van der Waals surface area contributed by atoms with Crippen LogP contribution in [0.5, 0.6) is 0 Å². The van der Waals surface area contributed by atoms with Crippen molar-refractivity contribution in [1.29, 1.82) is 0 Å². The highest BCUT2D eigenvalue weighted by Crippen LogP contribution is 2.41. The molecule has 144 valence electrons. The summed E-state index contributed by atoms with van der Waals surface area (Å²) in [5.74, 6) is -0.0271. The van der Waals surface area contributed by atoms with Gasteiger partial charge in [-0.05, 0) is 45.6 Å². The lowest BCUT2D eigenvalue weighted by molar-refractivity contribution is -0.154. The smallest absolute Gasteiger partial charge is 0.313 e. The van der Waals surface area contributed by atoms with Gasteiger partial charge in [0.1, 0.15) is 0 Å². The molecule has 4 rings (SSSR count). The second-order valence-electron chi connectivity index (χ2n) is 7.71. The molecule has 7 nitrogen and oxygen atoms in total. The van der Waals surface area contributed by atoms with Crippen molar-refractivity contribution in [1.82, 2.24) is 15.5 Å². The number of aryl methyl sites for hydroxylation is 1. The number of fused-ring (bicyclic) bond motifs is 1. The molecule has 1 N–H and O–H groups in total. The molecule has 0 bridgehead atoms. The maximum atomic E-state index is 13.0. The molecule has 2 aliphatic carbocycles. The van der Waals surface area contributed by atoms with Crippen molar-refractivity contribution in [2.75, 3.05) is 13.2 Å². The van der Waals surface area contributed by atoms with Crippen molar-refractivity contribution in [3.8, 4) is 0 Å². The fourth-order valence-corrected chi connectivity index (χ4v) is 4.01. The lowest BCUT2D eigenvalue weighted by Gasteiger charge is -2.26. The molecule has 2 saturated carbocycles. The molecular formula is C20H25N3O4. The number of hydrogen-bond acceptors (Lipinski definition) is 6. The minimum atomic E-state index is -0.610. The Morgan fingerprint density at radius 1 is 1.33 bits per heavy atom. The summed E-state index contributed by atoms with van der Waals surface area (Å²) in [4.78, 5) is 30.0. The molecule has 0 spiro atoms. The minimum absolute atomic E-state index is 0.206. The summed E-state index contributed by atoms with van der Waals surface area (Å²) in [6.45, 7) is 4.25. The Morgan fingerprint density at radius 3 is 2.74 bits per heavy atom. The second kappa shape index (κ2) is 6.94. The van der Waals surface area contributed by atoms with Gasteiger partial charge in [0.15, 0.2) is 0 Å². The molecule has 0 saturated heterocycles. The first-order valence-electron chi connectivity index (χ1n) is 9.76. The molecule has 2 aromatic rings. The lowest BCUT2D eigenvalue weighted by atomic mass is 9.86. The molecule has 2 heterocycles. The van der Waals surface area contributed by atoms with Crippen molar-refractivity contribution in [2.24, 2.45) is 5.41 Å². The molecule has 0 aromatic carbocycles. The van der Waals surface area contributed by atoms with E-state index in [4.69, 9.17) is 9.26 Å². The van der Waals surface area contributed by atoms with Crippen LogP contribution in [0.1, 0.15) is 73.1 Å². The Bertz CT molecular complexity index is 879. The number of hydrogen-bond donors (Lipinski definition) is 1. The van der Waals surface area contributed by atoms with Crippen molar-refractivity contribution in [2.45, 2.75) is 58.3 Å². The Kier molecular flexibility index (Phi) is 4.61. The van der Waals surface area contributed by atoms with Crippen LogP contribution in [0.4, 0.5) is 0 Å². The highest BCUT2D eigenvalue weighted by Gasteiger charge is 2.43. The van der Waals surface area contributed by atoms with E-state index in [1.165, 1.54) is 0 Å². The standard InChI is InChI=1S/C20H25N3O4/c1-3-26-19(25)20(8-4-5-9-20)11-21-17(24)14-10-15(13-6-7-13)22-18-16(14)12(2)23-27-18/h10,13H,3-9,11H2,1-2H3,(H,21,24). The van der Waals surface area contributed by atoms with E-state index in [0.29, 0.717) is 34.9 Å². The normalized spacial score (nSPS) is 18.6. The first kappa shape index (κ1) is 17.9. The highest BCUT2D eigenvalue weighted by molar-refractivity contribution is 6.06. The van der Waals surface area contributed by atoms with Crippen LogP contribution in [0, 0.1) is 12.3 Å². The zero-order valence-corrected chi connectivity index (χ0v) is 15.8. The van der Waals surface area contributed by atoms with Crippen LogP contribution in [0.2, 0.25) is 0 Å². The van der Waals surface area contributed by atoms with E-state index in [2.05, 4.69) is 15.5 Å². The van der Waals surface area contributed by atoms with Gasteiger partial charge in [0.25, 0.3) is 11.6 Å². The van der Waals surface area contributed by atoms with Crippen LogP contribution in [-0.2, 0) is 9.53 Å². The van der Waals surface area contributed by atoms with E-state index >= 15 is 0 Å². The van der Waals surface area contributed by atoms with Crippen LogP contribution < -0.4 is 5.32 Å². The van der Waals surface area contributed by atoms with E-state index in [1.54, 1.807) is 13.8 Å². The number of esters is 1. The predicted molar refractivity (Wildman–Crippen MR) is 98.4 cm³/mol. The molecule has 7 heteroatoms. The molecule has 0 atom stereocenters. The third-order valence-corrected chi connectivity index (χ3v) is 5.73. The van der Waals surface area contributed by atoms with Crippen LogP contribution >= 0.6 is 0 Å². The highest BCUT2D eigenvalue weighted by atomic mass is 16.5. The van der Waals surface area contributed by atoms with Gasteiger partial charge in [-0.1, -0.05) is 18.0 Å². The van der Waals surface area contributed by atoms with E-state index in [1.807, 2.05) is 6.07 Å². The Balaban J connectivity index is 1.59. The third kappa shape index (κ3) is 3.31. The van der Waals surface area contributed by atoms with Crippen LogP contribution in [0.25, 0.3) is 11.1 Å². The molecular weight excluding hydrogens is 346 g/mol. The van der Waals surface area contributed by atoms with Gasteiger partial charge in [-0.3, -0.25) is 9.59 Å². The molecule has 2 aliphatic rings. The first-order chi connectivity index (χ1) is 13.0. The molecule has 2 aromatic heterocycles. The number of pyridine rings is 1. The summed E-state index contributed by atoms with van der Waals surface area (Å²) in [5.41, 5.74) is 1.84. The summed E-state index contributed by atoms with van der Waals surface area (Å²) < 4.78 is 10.6. The molecule has 0 unspecified atom stereocenters. The summed E-state index contributed by atoms with van der Waals surface area (Å²) in [6, 6.07) is 1.85. The van der Waals surface area contributed by atoms with E-state index in [0.717, 1.165) is 44.2 Å². The van der Waals surface area contributed by atoms with Crippen LogP contribution in [0.3, 0.4) is 0 Å². The van der Waals surface area contributed by atoms with Gasteiger partial charge in [0.05, 0.1) is 28.7 Å². The van der Waals surface area contributed by atoms with Crippen molar-refractivity contribution < 1.29 is 18.8 Å². The van der Waals surface area contributed by atoms with Gasteiger partial charge < -0.3 is 14.6 Å². The van der Waals surface area contributed by atoms with Gasteiger partial charge >= 0.3 is 5.97 Å². The maximum absolute atomic E-state index is 13.0. The topological polar surface area (TPSA) is 94.3 Å². The number of nitrogens with zero attached hydrogens (tertiary/aromatic N) is 2. The Labute approximate surface area is 157 Å². The molecule has 2 fully saturated rings. The summed E-state index contributed by atoms with van der Waals surface area (Å²) in [5, 5.41) is 7.60. The van der Waals surface area contributed by atoms with Crippen molar-refractivity contribution >= 4 is 23.0 Å². The fraction of sp³-hybridized carbons (Fsp3) is 0.600. The largest absolute Gasteiger partial charge is 0.466 e. The summed E-state index contributed by atoms with van der Waals surface area (Å²) in [7, 11) is 0. The number of ether oxygens (including phenoxy) is 1. The Morgan fingerprint density at radius 2 is 2.07 bits per heavy atom. The molecule has 27 heavy (non-hydrogen) atoms. The SMILES string of the molecule is CCOC(=O)C1(CNC(=O)c2cc(C3CC3)nc3onc(C)c23)CCCC1. The van der Waals surface area contributed by atoms with Gasteiger partial charge in [-0.2, -0.15) is 0 Å². The first-order valence-corrected chi connectivity index (χ1v) is 9.76. The number of rotatable bonds is 6. The average molecular weight is 371 g/mol. The van der Waals surface area contributed by atoms with E-state index in [-0.39, 0.29) is 18.4 Å². The van der Waals surface area contributed by atoms with E-state index in [9.17, 15) is 9.59 Å². The second-order valence-corrected chi connectivity index (χ2v) is 7.71. The van der Waals surface area contributed by atoms with Crippen LogP contribution in [0.15, 0.2) is 10.6 Å². The van der Waals surface area contributed by atoms with Gasteiger partial charge in [0, 0.05) is 18.2 Å². The molecule has 1 amide bonds. The predicted octanol–water partition coefficient (Wildman–Crippen LogP) is 3.26. The molecule has 0 aliphatic heterocycles. The summed E-state index contributed by atoms with van der Waals surface area (Å²) >= 11 is 0. The number of amides is 1. The monoisotopic (exact) mass is 371 g/mol. The lowest BCUT2D eigenvalue weighted by Crippen LogP contribution is -2.42. The van der Waals surface area contributed by atoms with Crippen LogP contribution in [-0.4, -0.2) is 35.2 Å². The van der Waals surface area contributed by atoms with Gasteiger partial charge in [-0.15, -0.1) is 0 Å². The number of carbonyl (C=O) groups excluding carboxylic acids is 2. The zero-order chi connectivity index (χ0) is 19.0. The van der Waals surface area contributed by atoms with Crippen molar-refractivity contribution in [3.05, 3.63) is 23.0 Å². The number of carbonyl (C=O) groups is 2. The van der Waals surface area contributed by atoms with Crippen molar-refractivity contribution in [3.63, 3.8) is 0 Å². The number of nitrogens with one attached hydrogen (secondary N) is 1. The Hall–Kier alpha value is -2.44. The quantitative estimate of drug-likeness (QED) is 0.783. The third-order valence-electron chi connectivity index (χ3n) is 5.73. The molecule has 0 radical (unpaired) electrons.